The van der Waals surface area contributed by atoms with E-state index < -0.39 is 0 Å². The van der Waals surface area contributed by atoms with Gasteiger partial charge < -0.3 is 10.1 Å². The molecule has 1 heterocycles. The molecule has 0 unspecified atom stereocenters. The third kappa shape index (κ3) is 3.98. The summed E-state index contributed by atoms with van der Waals surface area (Å²) < 4.78 is 5.28. The minimum atomic E-state index is -0.376. The van der Waals surface area contributed by atoms with Crippen molar-refractivity contribution in [3.05, 3.63) is 94.8 Å². The van der Waals surface area contributed by atoms with E-state index in [4.69, 9.17) is 16.3 Å². The number of ether oxygens (including phenoxy) is 1. The number of nitrogens with zero attached hydrogens (tertiary/aromatic N) is 1. The topological polar surface area (TPSA) is 51.2 Å². The fourth-order valence-electron chi connectivity index (χ4n) is 2.59. The summed E-state index contributed by atoms with van der Waals surface area (Å²) in [5, 5.41) is 3.50. The second-order valence-electron chi connectivity index (χ2n) is 5.42. The molecule has 1 N–H and O–H groups in total. The van der Waals surface area contributed by atoms with Crippen LogP contribution < -0.4 is 10.1 Å². The molecule has 0 spiro atoms. The van der Waals surface area contributed by atoms with Gasteiger partial charge in [0.2, 0.25) is 0 Å². The minimum Gasteiger partial charge on any atom is -0.496 e. The van der Waals surface area contributed by atoms with E-state index in [-0.39, 0.29) is 11.9 Å². The number of halogens is 1. The van der Waals surface area contributed by atoms with Gasteiger partial charge in [0.1, 0.15) is 5.75 Å². The molecule has 1 aromatic heterocycles. The van der Waals surface area contributed by atoms with Gasteiger partial charge in [-0.15, -0.1) is 0 Å². The average molecular weight is 353 g/mol. The Balaban J connectivity index is 1.96. The fraction of sp³-hybridized carbons (Fsp3) is 0.100. The summed E-state index contributed by atoms with van der Waals surface area (Å²) in [6.07, 6.45) is 1.71. The number of pyridine rings is 1. The number of methoxy groups -OCH3 is 1. The Morgan fingerprint density at radius 1 is 1.08 bits per heavy atom. The molecule has 0 radical (unpaired) electrons. The molecule has 0 aliphatic heterocycles. The summed E-state index contributed by atoms with van der Waals surface area (Å²) in [7, 11) is 1.52. The molecule has 0 fully saturated rings. The van der Waals surface area contributed by atoms with E-state index in [9.17, 15) is 4.79 Å². The largest absolute Gasteiger partial charge is 0.496 e. The number of hydrogen-bond acceptors (Lipinski definition) is 3. The first-order valence-corrected chi connectivity index (χ1v) is 8.17. The van der Waals surface area contributed by atoms with Gasteiger partial charge in [0, 0.05) is 11.2 Å². The van der Waals surface area contributed by atoms with Crippen molar-refractivity contribution < 1.29 is 9.53 Å². The fourth-order valence-corrected chi connectivity index (χ4v) is 2.76. The van der Waals surface area contributed by atoms with E-state index in [1.165, 1.54) is 7.11 Å². The van der Waals surface area contributed by atoms with Crippen LogP contribution in [0.5, 0.6) is 5.75 Å². The number of benzene rings is 2. The molecule has 0 aliphatic carbocycles. The van der Waals surface area contributed by atoms with E-state index in [2.05, 4.69) is 10.3 Å². The van der Waals surface area contributed by atoms with E-state index >= 15 is 0 Å². The van der Waals surface area contributed by atoms with Gasteiger partial charge in [-0.2, -0.15) is 0 Å². The molecule has 2 aromatic carbocycles. The van der Waals surface area contributed by atoms with Crippen molar-refractivity contribution in [2.75, 3.05) is 7.11 Å². The zero-order valence-corrected chi connectivity index (χ0v) is 14.4. The average Bonchev–Trinajstić information content (AvgIpc) is 2.67. The van der Waals surface area contributed by atoms with Crippen LogP contribution in [0.1, 0.15) is 27.7 Å². The first-order chi connectivity index (χ1) is 12.2. The van der Waals surface area contributed by atoms with Gasteiger partial charge in [0.05, 0.1) is 24.4 Å². The highest BCUT2D eigenvalue weighted by Gasteiger charge is 2.21. The predicted molar refractivity (Wildman–Crippen MR) is 98.0 cm³/mol. The molecule has 0 saturated carbocycles. The van der Waals surface area contributed by atoms with Crippen LogP contribution in [-0.2, 0) is 0 Å². The molecule has 4 nitrogen and oxygen atoms in total. The molecule has 5 heteroatoms. The van der Waals surface area contributed by atoms with Crippen molar-refractivity contribution in [1.29, 1.82) is 0 Å². The van der Waals surface area contributed by atoms with Crippen LogP contribution in [0.25, 0.3) is 0 Å². The van der Waals surface area contributed by atoms with Crippen LogP contribution in [0, 0.1) is 0 Å². The summed E-state index contributed by atoms with van der Waals surface area (Å²) in [6, 6.07) is 19.9. The van der Waals surface area contributed by atoms with Crippen LogP contribution in [0.3, 0.4) is 0 Å². The van der Waals surface area contributed by atoms with Gasteiger partial charge in [-0.05, 0) is 35.9 Å². The van der Waals surface area contributed by atoms with Gasteiger partial charge in [0.15, 0.2) is 0 Å². The Kier molecular flexibility index (Phi) is 5.31. The monoisotopic (exact) mass is 352 g/mol. The molecule has 3 rings (SSSR count). The first kappa shape index (κ1) is 17.0. The summed E-state index contributed by atoms with van der Waals surface area (Å²) in [4.78, 5) is 17.2. The van der Waals surface area contributed by atoms with Gasteiger partial charge in [-0.3, -0.25) is 9.78 Å². The quantitative estimate of drug-likeness (QED) is 0.746. The maximum Gasteiger partial charge on any atom is 0.255 e. The number of hydrogen-bond donors (Lipinski definition) is 1. The minimum absolute atomic E-state index is 0.279. The highest BCUT2D eigenvalue weighted by atomic mass is 35.5. The van der Waals surface area contributed by atoms with Gasteiger partial charge in [-0.1, -0.05) is 48.0 Å². The molecule has 0 bridgehead atoms. The summed E-state index contributed by atoms with van der Waals surface area (Å²) >= 11 is 6.04. The number of carbonyl (C=O) groups excluding carboxylic acids is 1. The maximum absolute atomic E-state index is 12.9. The number of amides is 1. The molecule has 0 aliphatic rings. The van der Waals surface area contributed by atoms with Crippen molar-refractivity contribution in [3.8, 4) is 5.75 Å². The zero-order valence-electron chi connectivity index (χ0n) is 13.6. The van der Waals surface area contributed by atoms with Crippen molar-refractivity contribution in [1.82, 2.24) is 10.3 Å². The van der Waals surface area contributed by atoms with E-state index in [1.54, 1.807) is 24.4 Å². The lowest BCUT2D eigenvalue weighted by Crippen LogP contribution is -2.30. The molecule has 1 atom stereocenters. The normalized spacial score (nSPS) is 11.6. The Morgan fingerprint density at radius 3 is 2.52 bits per heavy atom. The molecular formula is C20H17ClN2O2. The third-order valence-electron chi connectivity index (χ3n) is 3.80. The molecule has 1 amide bonds. The third-order valence-corrected chi connectivity index (χ3v) is 4.03. The standard InChI is InChI=1S/C20H17ClN2O2/c1-25-18-11-10-15(21)13-16(18)20(24)23-19(14-7-3-2-4-8-14)17-9-5-6-12-22-17/h2-13,19H,1H3,(H,23,24)/t19-/m0/s1. The SMILES string of the molecule is COc1ccc(Cl)cc1C(=O)N[C@@H](c1ccccc1)c1ccccn1. The highest BCUT2D eigenvalue weighted by molar-refractivity contribution is 6.31. The van der Waals surface area contributed by atoms with Crippen molar-refractivity contribution in [3.63, 3.8) is 0 Å². The smallest absolute Gasteiger partial charge is 0.255 e. The van der Waals surface area contributed by atoms with Gasteiger partial charge in [0.25, 0.3) is 5.91 Å². The second kappa shape index (κ2) is 7.81. The van der Waals surface area contributed by atoms with Crippen LogP contribution in [-0.4, -0.2) is 18.0 Å². The van der Waals surface area contributed by atoms with E-state index in [1.807, 2.05) is 48.5 Å². The molecule has 0 saturated heterocycles. The number of rotatable bonds is 5. The number of nitrogens with one attached hydrogen (secondary N) is 1. The molecule has 126 valence electrons. The van der Waals surface area contributed by atoms with Crippen molar-refractivity contribution in [2.24, 2.45) is 0 Å². The summed E-state index contributed by atoms with van der Waals surface area (Å²) in [5.41, 5.74) is 2.07. The van der Waals surface area contributed by atoms with E-state index in [0.29, 0.717) is 16.3 Å². The number of carbonyl (C=O) groups is 1. The van der Waals surface area contributed by atoms with Crippen LogP contribution >= 0.6 is 11.6 Å². The van der Waals surface area contributed by atoms with E-state index in [0.717, 1.165) is 11.3 Å². The highest BCUT2D eigenvalue weighted by Crippen LogP contribution is 2.25. The van der Waals surface area contributed by atoms with Crippen molar-refractivity contribution in [2.45, 2.75) is 6.04 Å². The Morgan fingerprint density at radius 2 is 1.84 bits per heavy atom. The van der Waals surface area contributed by atoms with Gasteiger partial charge in [-0.25, -0.2) is 0 Å². The predicted octanol–water partition coefficient (Wildman–Crippen LogP) is 4.26. The van der Waals surface area contributed by atoms with Crippen LogP contribution in [0.4, 0.5) is 0 Å². The second-order valence-corrected chi connectivity index (χ2v) is 5.85. The van der Waals surface area contributed by atoms with Crippen LogP contribution in [0.2, 0.25) is 5.02 Å². The lowest BCUT2D eigenvalue weighted by atomic mass is 10.0. The lowest BCUT2D eigenvalue weighted by molar-refractivity contribution is 0.0939. The Bertz CT molecular complexity index is 815. The molecule has 3 aromatic rings. The van der Waals surface area contributed by atoms with Crippen molar-refractivity contribution >= 4 is 17.5 Å². The Labute approximate surface area is 151 Å². The summed E-state index contributed by atoms with van der Waals surface area (Å²) in [6.45, 7) is 0. The molecule has 25 heavy (non-hydrogen) atoms. The Hall–Kier alpha value is -2.85. The first-order valence-electron chi connectivity index (χ1n) is 7.79. The maximum atomic E-state index is 12.9. The number of aromatic nitrogens is 1. The van der Waals surface area contributed by atoms with Gasteiger partial charge >= 0.3 is 0 Å². The summed E-state index contributed by atoms with van der Waals surface area (Å²) in [5.74, 6) is 0.189. The zero-order chi connectivity index (χ0) is 17.6. The molecular weight excluding hydrogens is 336 g/mol. The van der Waals surface area contributed by atoms with Crippen LogP contribution in [0.15, 0.2) is 72.9 Å². The lowest BCUT2D eigenvalue weighted by Gasteiger charge is -2.19.